The molecule has 1 aliphatic rings. The zero-order valence-electron chi connectivity index (χ0n) is 13.9. The molecule has 2 N–H and O–H groups in total. The predicted molar refractivity (Wildman–Crippen MR) is 99.7 cm³/mol. The molecule has 3 heterocycles. The van der Waals surface area contributed by atoms with Gasteiger partial charge in [-0.15, -0.1) is 0 Å². The van der Waals surface area contributed by atoms with Gasteiger partial charge in [-0.2, -0.15) is 0 Å². The molecular formula is C15H18BrN7O3. The van der Waals surface area contributed by atoms with Gasteiger partial charge in [-0.05, 0) is 28.1 Å². The van der Waals surface area contributed by atoms with Crippen LogP contribution in [0.5, 0.6) is 0 Å². The molecule has 1 aliphatic heterocycles. The first-order valence-corrected chi connectivity index (χ1v) is 8.85. The second-order valence-electron chi connectivity index (χ2n) is 5.54. The molecule has 0 atom stereocenters. The Morgan fingerprint density at radius 2 is 2.00 bits per heavy atom. The molecule has 0 bridgehead atoms. The van der Waals surface area contributed by atoms with Crippen LogP contribution in [0.15, 0.2) is 29.1 Å². The van der Waals surface area contributed by atoms with Crippen LogP contribution in [0.4, 0.5) is 23.1 Å². The summed E-state index contributed by atoms with van der Waals surface area (Å²) in [5, 5.41) is 17.4. The third-order valence-electron chi connectivity index (χ3n) is 3.80. The van der Waals surface area contributed by atoms with Crippen molar-refractivity contribution in [3.63, 3.8) is 0 Å². The number of ether oxygens (including phenoxy) is 1. The van der Waals surface area contributed by atoms with Crippen molar-refractivity contribution in [1.29, 1.82) is 0 Å². The number of nitrogens with zero attached hydrogens (tertiary/aromatic N) is 5. The molecule has 2 aromatic rings. The number of halogens is 1. The Kier molecular flexibility index (Phi) is 6.26. The van der Waals surface area contributed by atoms with Gasteiger partial charge >= 0.3 is 5.69 Å². The summed E-state index contributed by atoms with van der Waals surface area (Å²) in [6.07, 6.45) is 2.88. The second-order valence-corrected chi connectivity index (χ2v) is 6.46. The zero-order chi connectivity index (χ0) is 18.4. The molecule has 1 fully saturated rings. The number of hydrogen-bond acceptors (Lipinski definition) is 9. The summed E-state index contributed by atoms with van der Waals surface area (Å²) in [7, 11) is 0. The average Bonchev–Trinajstić information content (AvgIpc) is 2.64. The largest absolute Gasteiger partial charge is 0.379 e. The fraction of sp³-hybridized carbons (Fsp3) is 0.400. The lowest BCUT2D eigenvalue weighted by Crippen LogP contribution is -2.39. The van der Waals surface area contributed by atoms with Gasteiger partial charge in [0.25, 0.3) is 0 Å². The van der Waals surface area contributed by atoms with Crippen molar-refractivity contribution in [2.75, 3.05) is 50.0 Å². The van der Waals surface area contributed by atoms with Gasteiger partial charge in [0.2, 0.25) is 11.6 Å². The van der Waals surface area contributed by atoms with Gasteiger partial charge in [-0.3, -0.25) is 15.0 Å². The van der Waals surface area contributed by atoms with Gasteiger partial charge in [-0.25, -0.2) is 15.0 Å². The van der Waals surface area contributed by atoms with E-state index in [-0.39, 0.29) is 17.3 Å². The fourth-order valence-corrected chi connectivity index (χ4v) is 2.74. The lowest BCUT2D eigenvalue weighted by Gasteiger charge is -2.26. The van der Waals surface area contributed by atoms with Gasteiger partial charge in [-0.1, -0.05) is 0 Å². The van der Waals surface area contributed by atoms with Crippen LogP contribution in [-0.2, 0) is 4.74 Å². The van der Waals surface area contributed by atoms with Gasteiger partial charge in [0.1, 0.15) is 12.1 Å². The molecule has 0 saturated carbocycles. The van der Waals surface area contributed by atoms with Crippen LogP contribution in [-0.4, -0.2) is 64.2 Å². The molecule has 3 rings (SSSR count). The van der Waals surface area contributed by atoms with E-state index in [9.17, 15) is 10.1 Å². The first kappa shape index (κ1) is 18.4. The molecule has 0 amide bonds. The van der Waals surface area contributed by atoms with Crippen molar-refractivity contribution in [2.24, 2.45) is 0 Å². The first-order valence-electron chi connectivity index (χ1n) is 8.05. The molecule has 0 aromatic carbocycles. The number of rotatable bonds is 7. The minimum atomic E-state index is -0.502. The van der Waals surface area contributed by atoms with E-state index in [0.29, 0.717) is 25.6 Å². The summed E-state index contributed by atoms with van der Waals surface area (Å²) in [6, 6.07) is 3.48. The van der Waals surface area contributed by atoms with Crippen molar-refractivity contribution in [3.05, 3.63) is 39.2 Å². The van der Waals surface area contributed by atoms with E-state index in [1.54, 1.807) is 18.3 Å². The van der Waals surface area contributed by atoms with E-state index in [4.69, 9.17) is 4.74 Å². The number of hydrogen-bond donors (Lipinski definition) is 2. The van der Waals surface area contributed by atoms with Crippen LogP contribution >= 0.6 is 15.9 Å². The summed E-state index contributed by atoms with van der Waals surface area (Å²) in [4.78, 5) is 25.4. The van der Waals surface area contributed by atoms with Crippen molar-refractivity contribution >= 4 is 39.1 Å². The zero-order valence-corrected chi connectivity index (χ0v) is 15.5. The monoisotopic (exact) mass is 423 g/mol. The Hall–Kier alpha value is -2.37. The van der Waals surface area contributed by atoms with Crippen LogP contribution in [0.25, 0.3) is 0 Å². The number of anilines is 3. The maximum Gasteiger partial charge on any atom is 0.353 e. The molecule has 0 aliphatic carbocycles. The molecule has 0 unspecified atom stereocenters. The molecule has 26 heavy (non-hydrogen) atoms. The molecule has 10 nitrogen and oxygen atoms in total. The third kappa shape index (κ3) is 4.84. The maximum atomic E-state index is 11.5. The standard InChI is InChI=1S/C15H18BrN7O3/c16-11-1-2-12(18-9-11)21-15-13(23(24)25)14(19-10-20-15)17-3-4-22-5-7-26-8-6-22/h1-2,9-10H,3-8H2,(H2,17,18,19,20,21). The van der Waals surface area contributed by atoms with E-state index in [1.807, 2.05) is 0 Å². The van der Waals surface area contributed by atoms with Crippen LogP contribution in [0.3, 0.4) is 0 Å². The Labute approximate surface area is 158 Å². The van der Waals surface area contributed by atoms with Crippen LogP contribution in [0.2, 0.25) is 0 Å². The highest BCUT2D eigenvalue weighted by Crippen LogP contribution is 2.30. The summed E-state index contributed by atoms with van der Waals surface area (Å²) in [5.41, 5.74) is -0.209. The highest BCUT2D eigenvalue weighted by molar-refractivity contribution is 9.10. The van der Waals surface area contributed by atoms with E-state index in [0.717, 1.165) is 24.1 Å². The molecule has 0 spiro atoms. The molecule has 1 saturated heterocycles. The van der Waals surface area contributed by atoms with E-state index in [1.165, 1.54) is 6.33 Å². The third-order valence-corrected chi connectivity index (χ3v) is 4.27. The average molecular weight is 424 g/mol. The van der Waals surface area contributed by atoms with Crippen molar-refractivity contribution in [3.8, 4) is 0 Å². The number of pyridine rings is 1. The van der Waals surface area contributed by atoms with Gasteiger partial charge in [0.05, 0.1) is 18.1 Å². The SMILES string of the molecule is O=[N+]([O-])c1c(NCCN2CCOCC2)ncnc1Nc1ccc(Br)cn1. The highest BCUT2D eigenvalue weighted by atomic mass is 79.9. The Balaban J connectivity index is 1.70. The highest BCUT2D eigenvalue weighted by Gasteiger charge is 2.23. The van der Waals surface area contributed by atoms with Gasteiger partial charge in [0.15, 0.2) is 0 Å². The van der Waals surface area contributed by atoms with Crippen LogP contribution < -0.4 is 10.6 Å². The number of nitrogens with one attached hydrogen (secondary N) is 2. The fourth-order valence-electron chi connectivity index (χ4n) is 2.50. The van der Waals surface area contributed by atoms with Crippen LogP contribution in [0.1, 0.15) is 0 Å². The molecule has 0 radical (unpaired) electrons. The molecular weight excluding hydrogens is 406 g/mol. The smallest absolute Gasteiger partial charge is 0.353 e. The lowest BCUT2D eigenvalue weighted by molar-refractivity contribution is -0.383. The maximum absolute atomic E-state index is 11.5. The topological polar surface area (TPSA) is 118 Å². The van der Waals surface area contributed by atoms with E-state index < -0.39 is 4.92 Å². The Morgan fingerprint density at radius 3 is 2.69 bits per heavy atom. The Bertz CT molecular complexity index is 753. The lowest BCUT2D eigenvalue weighted by atomic mass is 10.3. The second kappa shape index (κ2) is 8.83. The minimum Gasteiger partial charge on any atom is -0.379 e. The van der Waals surface area contributed by atoms with Crippen molar-refractivity contribution in [2.45, 2.75) is 0 Å². The molecule has 138 valence electrons. The molecule has 11 heteroatoms. The number of aromatic nitrogens is 3. The minimum absolute atomic E-state index is 0.0914. The normalized spacial score (nSPS) is 14.8. The van der Waals surface area contributed by atoms with Crippen molar-refractivity contribution in [1.82, 2.24) is 19.9 Å². The Morgan fingerprint density at radius 1 is 1.23 bits per heavy atom. The number of morpholine rings is 1. The van der Waals surface area contributed by atoms with E-state index >= 15 is 0 Å². The number of nitro groups is 1. The van der Waals surface area contributed by atoms with Gasteiger partial charge in [0, 0.05) is 36.8 Å². The summed E-state index contributed by atoms with van der Waals surface area (Å²) >= 11 is 3.30. The first-order chi connectivity index (χ1) is 12.6. The van der Waals surface area contributed by atoms with Crippen molar-refractivity contribution < 1.29 is 9.66 Å². The summed E-state index contributed by atoms with van der Waals surface area (Å²) in [6.45, 7) is 4.42. The van der Waals surface area contributed by atoms with E-state index in [2.05, 4.69) is 46.4 Å². The summed E-state index contributed by atoms with van der Waals surface area (Å²) in [5.74, 6) is 0.723. The van der Waals surface area contributed by atoms with Gasteiger partial charge < -0.3 is 15.4 Å². The van der Waals surface area contributed by atoms with Crippen LogP contribution in [0, 0.1) is 10.1 Å². The summed E-state index contributed by atoms with van der Waals surface area (Å²) < 4.78 is 6.12. The quantitative estimate of drug-likeness (QED) is 0.508. The molecule has 2 aromatic heterocycles. The predicted octanol–water partition coefficient (Wildman–Crippen LogP) is 2.03.